The van der Waals surface area contributed by atoms with E-state index < -0.39 is 45.6 Å². The fourth-order valence-corrected chi connectivity index (χ4v) is 7.12. The van der Waals surface area contributed by atoms with Gasteiger partial charge in [-0.05, 0) is 50.5 Å². The number of carbonyl (C=O) groups is 4. The quantitative estimate of drug-likeness (QED) is 0.334. The SMILES string of the molecule is Cc1nc2c(NC(=O)c3ccc4c(c3)[S+](=O)([O-])N(CC3CCCO3)C4=O)cccc2c(=O)n1C1CCC(=O)NC1=O. The molecule has 2 fully saturated rings. The molecule has 0 aliphatic carbocycles. The Morgan fingerprint density at radius 2 is 2.00 bits per heavy atom. The minimum atomic E-state index is -4.17. The van der Waals surface area contributed by atoms with Gasteiger partial charge in [-0.2, -0.15) is 0 Å². The highest BCUT2D eigenvalue weighted by atomic mass is 32.3. The first-order chi connectivity index (χ1) is 19.6. The number of hydrogen-bond acceptors (Lipinski definition) is 9. The molecule has 2 N–H and O–H groups in total. The molecule has 1 aromatic heterocycles. The van der Waals surface area contributed by atoms with Gasteiger partial charge >= 0.3 is 0 Å². The van der Waals surface area contributed by atoms with Crippen molar-refractivity contribution < 1.29 is 32.7 Å². The summed E-state index contributed by atoms with van der Waals surface area (Å²) in [5, 5.41) is 5.06. The molecule has 3 atom stereocenters. The first kappa shape index (κ1) is 26.9. The van der Waals surface area contributed by atoms with Crippen molar-refractivity contribution in [1.82, 2.24) is 19.2 Å². The molecule has 0 saturated carbocycles. The van der Waals surface area contributed by atoms with Crippen molar-refractivity contribution in [2.45, 2.75) is 49.6 Å². The summed E-state index contributed by atoms with van der Waals surface area (Å²) < 4.78 is 33.9. The first-order valence-corrected chi connectivity index (χ1v) is 14.5. The lowest BCUT2D eigenvalue weighted by Crippen LogP contribution is -2.45. The molecule has 0 radical (unpaired) electrons. The molecule has 13 nitrogen and oxygen atoms in total. The molecular weight excluding hydrogens is 554 g/mol. The van der Waals surface area contributed by atoms with Crippen LogP contribution in [-0.4, -0.2) is 61.3 Å². The maximum absolute atomic E-state index is 13.4. The van der Waals surface area contributed by atoms with E-state index in [1.807, 2.05) is 0 Å². The third kappa shape index (κ3) is 4.53. The number of piperidine rings is 1. The van der Waals surface area contributed by atoms with Crippen LogP contribution < -0.4 is 16.2 Å². The molecule has 3 unspecified atom stereocenters. The Morgan fingerprint density at radius 1 is 1.20 bits per heavy atom. The van der Waals surface area contributed by atoms with Gasteiger partial charge in [-0.25, -0.2) is 4.98 Å². The topological polar surface area (TPSA) is 180 Å². The van der Waals surface area contributed by atoms with Crippen LogP contribution in [0.2, 0.25) is 0 Å². The summed E-state index contributed by atoms with van der Waals surface area (Å²) in [5.74, 6) is -2.11. The van der Waals surface area contributed by atoms with Crippen LogP contribution >= 0.6 is 0 Å². The van der Waals surface area contributed by atoms with Crippen molar-refractivity contribution in [3.05, 3.63) is 63.7 Å². The number of fused-ring (bicyclic) bond motifs is 2. The molecule has 4 heterocycles. The average Bonchev–Trinajstić information content (AvgIpc) is 3.51. The third-order valence-electron chi connectivity index (χ3n) is 7.54. The number of anilines is 1. The second-order valence-corrected chi connectivity index (χ2v) is 12.0. The number of amides is 4. The lowest BCUT2D eigenvalue weighted by atomic mass is 10.1. The molecule has 2 aromatic carbocycles. The molecule has 3 aliphatic heterocycles. The number of para-hydroxylation sites is 1. The molecule has 3 aliphatic rings. The standard InChI is InChI=1S/C27H25N5O8S/c1-14-28-23-18(27(37)32(14)20-9-10-22(33)30-25(20)35)5-2-6-19(23)29-24(34)15-7-8-17-21(12-15)41(38,39)31(26(17)36)13-16-4-3-11-40-16/h2,5-8,12,16,20H,3-4,9-11,13H2,1H3,(H2-,29,30,33,34,35,38,39). The summed E-state index contributed by atoms with van der Waals surface area (Å²) >= 11 is 0. The van der Waals surface area contributed by atoms with E-state index in [-0.39, 0.29) is 63.9 Å². The van der Waals surface area contributed by atoms with E-state index in [1.165, 1.54) is 22.8 Å². The van der Waals surface area contributed by atoms with Gasteiger partial charge in [0.1, 0.15) is 22.9 Å². The number of sulfonamides is 1. The number of benzene rings is 2. The predicted octanol–water partition coefficient (Wildman–Crippen LogP) is 1.47. The Bertz CT molecular complexity index is 1760. The van der Waals surface area contributed by atoms with Gasteiger partial charge in [0.15, 0.2) is 15.3 Å². The highest BCUT2D eigenvalue weighted by molar-refractivity contribution is 7.96. The number of ether oxygens (including phenoxy) is 1. The van der Waals surface area contributed by atoms with Gasteiger partial charge in [0.05, 0.1) is 23.7 Å². The fraction of sp³-hybridized carbons (Fsp3) is 0.333. The first-order valence-electron chi connectivity index (χ1n) is 13.1. The van der Waals surface area contributed by atoms with Crippen molar-refractivity contribution in [3.63, 3.8) is 0 Å². The van der Waals surface area contributed by atoms with E-state index in [0.29, 0.717) is 13.0 Å². The second-order valence-electron chi connectivity index (χ2n) is 10.1. The number of aromatic nitrogens is 2. The van der Waals surface area contributed by atoms with E-state index >= 15 is 0 Å². The Labute approximate surface area is 234 Å². The monoisotopic (exact) mass is 579 g/mol. The number of carbonyl (C=O) groups excluding carboxylic acids is 4. The van der Waals surface area contributed by atoms with Crippen LogP contribution in [0.4, 0.5) is 5.69 Å². The number of rotatable bonds is 5. The van der Waals surface area contributed by atoms with Crippen molar-refractivity contribution in [2.75, 3.05) is 18.5 Å². The zero-order valence-corrected chi connectivity index (χ0v) is 22.7. The van der Waals surface area contributed by atoms with Gasteiger partial charge in [-0.15, -0.1) is 4.31 Å². The lowest BCUT2D eigenvalue weighted by molar-refractivity contribution is -0.135. The molecule has 3 aromatic rings. The molecule has 4 amide bonds. The molecule has 0 bridgehead atoms. The van der Waals surface area contributed by atoms with E-state index in [0.717, 1.165) is 16.8 Å². The van der Waals surface area contributed by atoms with Gasteiger partial charge in [0, 0.05) is 24.7 Å². The maximum Gasteiger partial charge on any atom is 0.300 e. The Balaban J connectivity index is 1.30. The smallest absolute Gasteiger partial charge is 0.300 e. The third-order valence-corrected chi connectivity index (χ3v) is 9.33. The van der Waals surface area contributed by atoms with Gasteiger partial charge < -0.3 is 14.6 Å². The molecular formula is C27H25N5O8S. The largest absolute Gasteiger partial charge is 0.588 e. The van der Waals surface area contributed by atoms with E-state index in [1.54, 1.807) is 19.1 Å². The molecule has 14 heteroatoms. The van der Waals surface area contributed by atoms with E-state index in [9.17, 15) is 32.7 Å². The Morgan fingerprint density at radius 3 is 2.73 bits per heavy atom. The summed E-state index contributed by atoms with van der Waals surface area (Å²) in [4.78, 5) is 67.7. The zero-order valence-electron chi connectivity index (χ0n) is 21.9. The lowest BCUT2D eigenvalue weighted by Gasteiger charge is -2.24. The number of nitrogens with zero attached hydrogens (tertiary/aromatic N) is 3. The summed E-state index contributed by atoms with van der Waals surface area (Å²) in [5.41, 5.74) is -0.159. The summed E-state index contributed by atoms with van der Waals surface area (Å²) in [6.07, 6.45) is 1.32. The van der Waals surface area contributed by atoms with E-state index in [4.69, 9.17) is 4.74 Å². The van der Waals surface area contributed by atoms with Crippen LogP contribution in [0.25, 0.3) is 10.9 Å². The summed E-state index contributed by atoms with van der Waals surface area (Å²) in [6.45, 7) is 1.97. The van der Waals surface area contributed by atoms with Crippen molar-refractivity contribution in [1.29, 1.82) is 0 Å². The molecule has 2 saturated heterocycles. The van der Waals surface area contributed by atoms with Crippen molar-refractivity contribution >= 4 is 50.6 Å². The normalized spacial score (nSPS) is 24.0. The Kier molecular flexibility index (Phi) is 6.55. The Hall–Kier alpha value is -4.27. The van der Waals surface area contributed by atoms with Crippen LogP contribution in [-0.2, 0) is 28.9 Å². The summed E-state index contributed by atoms with van der Waals surface area (Å²) in [7, 11) is -4.17. The highest BCUT2D eigenvalue weighted by Crippen LogP contribution is 2.36. The number of nitrogens with one attached hydrogen (secondary N) is 2. The second kappa shape index (κ2) is 9.98. The number of aryl methyl sites for hydroxylation is 1. The van der Waals surface area contributed by atoms with Crippen LogP contribution in [0.3, 0.4) is 0 Å². The van der Waals surface area contributed by atoms with E-state index in [2.05, 4.69) is 15.6 Å². The zero-order chi connectivity index (χ0) is 29.1. The predicted molar refractivity (Wildman–Crippen MR) is 144 cm³/mol. The summed E-state index contributed by atoms with van der Waals surface area (Å²) in [6, 6.07) is 7.53. The fourth-order valence-electron chi connectivity index (χ4n) is 5.49. The van der Waals surface area contributed by atoms with Crippen LogP contribution in [0.1, 0.15) is 58.3 Å². The number of hydrogen-bond donors (Lipinski definition) is 2. The number of imide groups is 1. The maximum atomic E-state index is 13.4. The molecule has 6 rings (SSSR count). The minimum Gasteiger partial charge on any atom is -0.588 e. The molecule has 0 spiro atoms. The highest BCUT2D eigenvalue weighted by Gasteiger charge is 2.48. The van der Waals surface area contributed by atoms with Gasteiger partial charge in [-0.3, -0.25) is 33.9 Å². The molecule has 41 heavy (non-hydrogen) atoms. The van der Waals surface area contributed by atoms with Gasteiger partial charge in [-0.1, -0.05) is 10.3 Å². The van der Waals surface area contributed by atoms with Crippen LogP contribution in [0, 0.1) is 6.92 Å². The van der Waals surface area contributed by atoms with Crippen molar-refractivity contribution in [2.24, 2.45) is 0 Å². The van der Waals surface area contributed by atoms with Crippen molar-refractivity contribution in [3.8, 4) is 0 Å². The minimum absolute atomic E-state index is 0.00953. The average molecular weight is 580 g/mol. The van der Waals surface area contributed by atoms with Gasteiger partial charge in [0.2, 0.25) is 11.8 Å². The van der Waals surface area contributed by atoms with Crippen LogP contribution in [0.15, 0.2) is 46.1 Å². The van der Waals surface area contributed by atoms with Gasteiger partial charge in [0.25, 0.3) is 17.4 Å². The van der Waals surface area contributed by atoms with Crippen LogP contribution in [0.5, 0.6) is 0 Å². The molecule has 212 valence electrons.